The van der Waals surface area contributed by atoms with Gasteiger partial charge in [0.1, 0.15) is 11.7 Å². The van der Waals surface area contributed by atoms with Crippen LogP contribution in [0.1, 0.15) is 10.5 Å². The van der Waals surface area contributed by atoms with Crippen molar-refractivity contribution < 1.29 is 14.4 Å². The van der Waals surface area contributed by atoms with Gasteiger partial charge in [0.2, 0.25) is 0 Å². The number of benzene rings is 1. The SMILES string of the molecule is CNOC(=O)C1CN(C(=O)c2cc3cc(Cl)ccc3[nH]2)CCN1C. The van der Waals surface area contributed by atoms with Crippen LogP contribution in [0.25, 0.3) is 10.9 Å². The van der Waals surface area contributed by atoms with Crippen molar-refractivity contribution in [1.29, 1.82) is 0 Å². The largest absolute Gasteiger partial charge is 0.369 e. The summed E-state index contributed by atoms with van der Waals surface area (Å²) in [6.07, 6.45) is 0. The Balaban J connectivity index is 1.79. The zero-order chi connectivity index (χ0) is 17.3. The van der Waals surface area contributed by atoms with Crippen molar-refractivity contribution in [2.75, 3.05) is 33.7 Å². The summed E-state index contributed by atoms with van der Waals surface area (Å²) >= 11 is 5.98. The molecule has 0 spiro atoms. The number of aromatic amines is 1. The Bertz CT molecular complexity index is 776. The molecule has 8 heteroatoms. The van der Waals surface area contributed by atoms with Gasteiger partial charge in [-0.2, -0.15) is 5.48 Å². The van der Waals surface area contributed by atoms with Crippen LogP contribution in [-0.4, -0.2) is 66.4 Å². The van der Waals surface area contributed by atoms with Crippen molar-refractivity contribution in [2.24, 2.45) is 0 Å². The van der Waals surface area contributed by atoms with Crippen LogP contribution in [0, 0.1) is 0 Å². The highest BCUT2D eigenvalue weighted by molar-refractivity contribution is 6.31. The van der Waals surface area contributed by atoms with Gasteiger partial charge in [0.15, 0.2) is 0 Å². The van der Waals surface area contributed by atoms with Crippen molar-refractivity contribution in [3.8, 4) is 0 Å². The first-order valence-corrected chi connectivity index (χ1v) is 8.02. The molecule has 1 saturated heterocycles. The van der Waals surface area contributed by atoms with Crippen LogP contribution in [0.2, 0.25) is 5.02 Å². The lowest BCUT2D eigenvalue weighted by Gasteiger charge is -2.37. The highest BCUT2D eigenvalue weighted by Gasteiger charge is 2.34. The third-order valence-corrected chi connectivity index (χ3v) is 4.46. The monoisotopic (exact) mass is 350 g/mol. The molecule has 1 aliphatic heterocycles. The second-order valence-corrected chi connectivity index (χ2v) is 6.22. The first-order chi connectivity index (χ1) is 11.5. The molecule has 1 amide bonds. The number of hydroxylamine groups is 1. The van der Waals surface area contributed by atoms with Gasteiger partial charge in [-0.05, 0) is 31.3 Å². The fraction of sp³-hybridized carbons (Fsp3) is 0.375. The summed E-state index contributed by atoms with van der Waals surface area (Å²) in [4.78, 5) is 36.3. The molecule has 2 heterocycles. The minimum atomic E-state index is -0.492. The van der Waals surface area contributed by atoms with Gasteiger partial charge in [0, 0.05) is 42.6 Å². The third-order valence-electron chi connectivity index (χ3n) is 4.22. The van der Waals surface area contributed by atoms with E-state index in [2.05, 4.69) is 10.5 Å². The van der Waals surface area contributed by atoms with Gasteiger partial charge in [-0.15, -0.1) is 0 Å². The van der Waals surface area contributed by atoms with E-state index in [0.29, 0.717) is 23.8 Å². The van der Waals surface area contributed by atoms with Crippen LogP contribution in [-0.2, 0) is 9.63 Å². The maximum absolute atomic E-state index is 12.8. The Morgan fingerprint density at radius 2 is 2.12 bits per heavy atom. The minimum Gasteiger partial charge on any atom is -0.369 e. The van der Waals surface area contributed by atoms with Crippen LogP contribution < -0.4 is 5.48 Å². The lowest BCUT2D eigenvalue weighted by Crippen LogP contribution is -2.57. The highest BCUT2D eigenvalue weighted by atomic mass is 35.5. The number of halogens is 1. The van der Waals surface area contributed by atoms with E-state index in [1.54, 1.807) is 23.1 Å². The van der Waals surface area contributed by atoms with E-state index in [-0.39, 0.29) is 12.5 Å². The van der Waals surface area contributed by atoms with Crippen LogP contribution in [0.15, 0.2) is 24.3 Å². The average molecular weight is 351 g/mol. The zero-order valence-corrected chi connectivity index (χ0v) is 14.3. The molecular formula is C16H19ClN4O3. The number of likely N-dealkylation sites (N-methyl/N-ethyl adjacent to an activating group) is 1. The standard InChI is InChI=1S/C16H19ClN4O3/c1-18-24-16(23)14-9-21(6-5-20(14)2)15(22)13-8-10-7-11(17)3-4-12(10)19-13/h3-4,7-8,14,18-19H,5-6,9H2,1-2H3. The smallest absolute Gasteiger partial charge is 0.343 e. The predicted octanol–water partition coefficient (Wildman–Crippen LogP) is 1.26. The van der Waals surface area contributed by atoms with Gasteiger partial charge in [-0.25, -0.2) is 4.79 Å². The van der Waals surface area contributed by atoms with E-state index in [1.165, 1.54) is 7.05 Å². The fourth-order valence-corrected chi connectivity index (χ4v) is 3.05. The van der Waals surface area contributed by atoms with Gasteiger partial charge < -0.3 is 14.7 Å². The molecule has 1 atom stereocenters. The lowest BCUT2D eigenvalue weighted by molar-refractivity contribution is -0.157. The van der Waals surface area contributed by atoms with Gasteiger partial charge in [0.05, 0.1) is 0 Å². The Labute approximate surface area is 144 Å². The first-order valence-electron chi connectivity index (χ1n) is 7.65. The van der Waals surface area contributed by atoms with E-state index >= 15 is 0 Å². The summed E-state index contributed by atoms with van der Waals surface area (Å²) in [7, 11) is 3.37. The summed E-state index contributed by atoms with van der Waals surface area (Å²) in [6, 6.07) is 6.71. The molecule has 0 aliphatic carbocycles. The van der Waals surface area contributed by atoms with Crippen molar-refractivity contribution in [3.63, 3.8) is 0 Å². The summed E-state index contributed by atoms with van der Waals surface area (Å²) in [5, 5.41) is 1.50. The van der Waals surface area contributed by atoms with Crippen LogP contribution >= 0.6 is 11.6 Å². The third kappa shape index (κ3) is 3.24. The Kier molecular flexibility index (Phi) is 4.75. The maximum atomic E-state index is 12.8. The number of piperazine rings is 1. The number of nitrogens with one attached hydrogen (secondary N) is 2. The molecule has 0 radical (unpaired) electrons. The van der Waals surface area contributed by atoms with E-state index in [4.69, 9.17) is 16.4 Å². The molecular weight excluding hydrogens is 332 g/mol. The molecule has 1 unspecified atom stereocenters. The second kappa shape index (κ2) is 6.80. The molecule has 24 heavy (non-hydrogen) atoms. The topological polar surface area (TPSA) is 77.7 Å². The number of aromatic nitrogens is 1. The summed E-state index contributed by atoms with van der Waals surface area (Å²) in [6.45, 7) is 1.43. The molecule has 2 N–H and O–H groups in total. The second-order valence-electron chi connectivity index (χ2n) is 5.79. The molecule has 1 aliphatic rings. The molecule has 1 fully saturated rings. The molecule has 1 aromatic carbocycles. The number of hydrogen-bond donors (Lipinski definition) is 2. The number of rotatable bonds is 3. The van der Waals surface area contributed by atoms with Gasteiger partial charge in [0.25, 0.3) is 5.91 Å². The molecule has 128 valence electrons. The van der Waals surface area contributed by atoms with Crippen molar-refractivity contribution in [2.45, 2.75) is 6.04 Å². The van der Waals surface area contributed by atoms with Crippen LogP contribution in [0.4, 0.5) is 0 Å². The summed E-state index contributed by atoms with van der Waals surface area (Å²) < 4.78 is 0. The first kappa shape index (κ1) is 16.8. The van der Waals surface area contributed by atoms with Gasteiger partial charge in [-0.3, -0.25) is 9.69 Å². The average Bonchev–Trinajstić information content (AvgIpc) is 2.97. The van der Waals surface area contributed by atoms with Gasteiger partial charge >= 0.3 is 5.97 Å². The lowest BCUT2D eigenvalue weighted by atomic mass is 10.1. The molecule has 0 bridgehead atoms. The number of carbonyl (C=O) groups excluding carboxylic acids is 2. The molecule has 3 rings (SSSR count). The number of carbonyl (C=O) groups is 2. The van der Waals surface area contributed by atoms with E-state index in [1.807, 2.05) is 18.0 Å². The number of amides is 1. The maximum Gasteiger partial charge on any atom is 0.343 e. The van der Waals surface area contributed by atoms with E-state index < -0.39 is 12.0 Å². The highest BCUT2D eigenvalue weighted by Crippen LogP contribution is 2.21. The molecule has 7 nitrogen and oxygen atoms in total. The van der Waals surface area contributed by atoms with Crippen LogP contribution in [0.5, 0.6) is 0 Å². The van der Waals surface area contributed by atoms with E-state index in [0.717, 1.165) is 10.9 Å². The number of fused-ring (bicyclic) bond motifs is 1. The van der Waals surface area contributed by atoms with E-state index in [9.17, 15) is 9.59 Å². The normalized spacial score (nSPS) is 18.8. The minimum absolute atomic E-state index is 0.141. The zero-order valence-electron chi connectivity index (χ0n) is 13.5. The van der Waals surface area contributed by atoms with Crippen molar-refractivity contribution in [3.05, 3.63) is 35.0 Å². The quantitative estimate of drug-likeness (QED) is 0.815. The van der Waals surface area contributed by atoms with Crippen molar-refractivity contribution in [1.82, 2.24) is 20.3 Å². The van der Waals surface area contributed by atoms with Crippen molar-refractivity contribution >= 4 is 34.4 Å². The molecule has 1 aromatic heterocycles. The number of H-pyrrole nitrogens is 1. The van der Waals surface area contributed by atoms with Crippen LogP contribution in [0.3, 0.4) is 0 Å². The fourth-order valence-electron chi connectivity index (χ4n) is 2.87. The summed E-state index contributed by atoms with van der Waals surface area (Å²) in [5.41, 5.74) is 3.72. The Hall–Kier alpha value is -2.09. The van der Waals surface area contributed by atoms with Gasteiger partial charge in [-0.1, -0.05) is 11.6 Å². The predicted molar refractivity (Wildman–Crippen MR) is 90.8 cm³/mol. The molecule has 0 saturated carbocycles. The Morgan fingerprint density at radius 3 is 2.88 bits per heavy atom. The number of nitrogens with zero attached hydrogens (tertiary/aromatic N) is 2. The number of hydrogen-bond acceptors (Lipinski definition) is 5. The Morgan fingerprint density at radius 1 is 1.33 bits per heavy atom. The molecule has 2 aromatic rings. The summed E-state index contributed by atoms with van der Waals surface area (Å²) in [5.74, 6) is -0.543.